The van der Waals surface area contributed by atoms with Crippen molar-refractivity contribution in [1.82, 2.24) is 4.98 Å². The van der Waals surface area contributed by atoms with Crippen LogP contribution in [0.4, 0.5) is 5.13 Å². The summed E-state index contributed by atoms with van der Waals surface area (Å²) in [6.07, 6.45) is 1.86. The van der Waals surface area contributed by atoms with Crippen LogP contribution in [-0.2, 0) is 0 Å². The lowest BCUT2D eigenvalue weighted by atomic mass is 10.4. The van der Waals surface area contributed by atoms with Crippen molar-refractivity contribution in [3.8, 4) is 0 Å². The van der Waals surface area contributed by atoms with Crippen molar-refractivity contribution >= 4 is 16.5 Å². The summed E-state index contributed by atoms with van der Waals surface area (Å²) in [4.78, 5) is 5.37. The molecule has 0 aromatic carbocycles. The van der Waals surface area contributed by atoms with Crippen molar-refractivity contribution in [2.45, 2.75) is 19.9 Å². The zero-order chi connectivity index (χ0) is 8.27. The van der Waals surface area contributed by atoms with Crippen molar-refractivity contribution < 1.29 is 0 Å². The zero-order valence-electron chi connectivity index (χ0n) is 6.79. The molecule has 1 unspecified atom stereocenters. The number of hydrogen-bond donors (Lipinski definition) is 2. The molecular formula is C7H13N3S. The molecule has 0 saturated heterocycles. The average molecular weight is 171 g/mol. The number of aryl methyl sites for hydroxylation is 1. The van der Waals surface area contributed by atoms with E-state index in [9.17, 15) is 0 Å². The number of rotatable bonds is 3. The molecule has 1 atom stereocenters. The standard InChI is InChI=1S/C7H13N3S/c1-5(3-8)10-7-9-4-6(2)11-7/h4-5H,3,8H2,1-2H3,(H,9,10). The molecule has 0 aliphatic heterocycles. The smallest absolute Gasteiger partial charge is 0.183 e. The van der Waals surface area contributed by atoms with Crippen LogP contribution >= 0.6 is 11.3 Å². The highest BCUT2D eigenvalue weighted by Crippen LogP contribution is 2.16. The minimum Gasteiger partial charge on any atom is -0.358 e. The summed E-state index contributed by atoms with van der Waals surface area (Å²) < 4.78 is 0. The SMILES string of the molecule is Cc1cnc(NC(C)CN)s1. The third kappa shape index (κ3) is 2.48. The van der Waals surface area contributed by atoms with E-state index in [2.05, 4.69) is 10.3 Å². The first-order chi connectivity index (χ1) is 5.22. The van der Waals surface area contributed by atoms with E-state index in [4.69, 9.17) is 5.73 Å². The second-order valence-corrected chi connectivity index (χ2v) is 3.79. The van der Waals surface area contributed by atoms with Gasteiger partial charge in [-0.05, 0) is 13.8 Å². The number of nitrogens with zero attached hydrogens (tertiary/aromatic N) is 1. The Balaban J connectivity index is 2.50. The molecule has 1 heterocycles. The van der Waals surface area contributed by atoms with Gasteiger partial charge >= 0.3 is 0 Å². The normalized spacial score (nSPS) is 13.0. The molecule has 0 saturated carbocycles. The van der Waals surface area contributed by atoms with E-state index in [1.807, 2.05) is 20.0 Å². The van der Waals surface area contributed by atoms with Crippen molar-refractivity contribution in [1.29, 1.82) is 0 Å². The molecule has 0 fully saturated rings. The lowest BCUT2D eigenvalue weighted by Gasteiger charge is -2.08. The number of nitrogens with two attached hydrogens (primary N) is 1. The Kier molecular flexibility index (Phi) is 2.84. The molecule has 0 radical (unpaired) electrons. The van der Waals surface area contributed by atoms with Crippen LogP contribution in [-0.4, -0.2) is 17.6 Å². The maximum atomic E-state index is 5.44. The molecule has 0 aliphatic carbocycles. The molecule has 0 amide bonds. The van der Waals surface area contributed by atoms with Crippen LogP contribution in [0.2, 0.25) is 0 Å². The van der Waals surface area contributed by atoms with Crippen LogP contribution in [0.15, 0.2) is 6.20 Å². The summed E-state index contributed by atoms with van der Waals surface area (Å²) in [5, 5.41) is 4.15. The van der Waals surface area contributed by atoms with E-state index >= 15 is 0 Å². The maximum Gasteiger partial charge on any atom is 0.183 e. The second-order valence-electron chi connectivity index (χ2n) is 2.56. The lowest BCUT2D eigenvalue weighted by Crippen LogP contribution is -2.24. The lowest BCUT2D eigenvalue weighted by molar-refractivity contribution is 0.802. The molecule has 3 nitrogen and oxygen atoms in total. The number of anilines is 1. The fraction of sp³-hybridized carbons (Fsp3) is 0.571. The number of hydrogen-bond acceptors (Lipinski definition) is 4. The van der Waals surface area contributed by atoms with E-state index < -0.39 is 0 Å². The van der Waals surface area contributed by atoms with Gasteiger partial charge in [-0.25, -0.2) is 4.98 Å². The van der Waals surface area contributed by atoms with Crippen molar-refractivity contribution in [2.24, 2.45) is 5.73 Å². The Bertz CT molecular complexity index is 221. The summed E-state index contributed by atoms with van der Waals surface area (Å²) in [6, 6.07) is 0.306. The summed E-state index contributed by atoms with van der Waals surface area (Å²) in [5.41, 5.74) is 5.44. The predicted molar refractivity (Wildman–Crippen MR) is 49.0 cm³/mol. The van der Waals surface area contributed by atoms with E-state index in [-0.39, 0.29) is 0 Å². The van der Waals surface area contributed by atoms with Crippen molar-refractivity contribution in [3.63, 3.8) is 0 Å². The first kappa shape index (κ1) is 8.49. The highest BCUT2D eigenvalue weighted by Gasteiger charge is 2.01. The van der Waals surface area contributed by atoms with E-state index in [1.165, 1.54) is 4.88 Å². The molecule has 0 bridgehead atoms. The summed E-state index contributed by atoms with van der Waals surface area (Å²) >= 11 is 1.65. The molecule has 4 heteroatoms. The van der Waals surface area contributed by atoms with Gasteiger partial charge < -0.3 is 11.1 Å². The Labute approximate surface area is 70.6 Å². The third-order valence-corrected chi connectivity index (χ3v) is 2.19. The van der Waals surface area contributed by atoms with Gasteiger partial charge in [0, 0.05) is 23.7 Å². The van der Waals surface area contributed by atoms with Crippen LogP contribution < -0.4 is 11.1 Å². The largest absolute Gasteiger partial charge is 0.358 e. The molecule has 1 aromatic rings. The van der Waals surface area contributed by atoms with Gasteiger partial charge in [0.1, 0.15) is 0 Å². The quantitative estimate of drug-likeness (QED) is 0.718. The molecular weight excluding hydrogens is 158 g/mol. The summed E-state index contributed by atoms with van der Waals surface area (Å²) in [5.74, 6) is 0. The topological polar surface area (TPSA) is 50.9 Å². The summed E-state index contributed by atoms with van der Waals surface area (Å²) in [6.45, 7) is 4.71. The first-order valence-corrected chi connectivity index (χ1v) is 4.43. The average Bonchev–Trinajstić information content (AvgIpc) is 2.35. The van der Waals surface area contributed by atoms with Gasteiger partial charge in [0.05, 0.1) is 0 Å². The van der Waals surface area contributed by atoms with Gasteiger partial charge in [0.25, 0.3) is 0 Å². The van der Waals surface area contributed by atoms with E-state index in [0.29, 0.717) is 12.6 Å². The van der Waals surface area contributed by atoms with Gasteiger partial charge in [-0.3, -0.25) is 0 Å². The van der Waals surface area contributed by atoms with Crippen LogP contribution in [0, 0.1) is 6.92 Å². The predicted octanol–water partition coefficient (Wildman–Crippen LogP) is 1.21. The Morgan fingerprint density at radius 3 is 3.00 bits per heavy atom. The Morgan fingerprint density at radius 2 is 2.55 bits per heavy atom. The fourth-order valence-electron chi connectivity index (χ4n) is 0.691. The summed E-state index contributed by atoms with van der Waals surface area (Å²) in [7, 11) is 0. The maximum absolute atomic E-state index is 5.44. The van der Waals surface area contributed by atoms with Crippen LogP contribution in [0.25, 0.3) is 0 Å². The van der Waals surface area contributed by atoms with Crippen molar-refractivity contribution in [2.75, 3.05) is 11.9 Å². The third-order valence-electron chi connectivity index (χ3n) is 1.34. The van der Waals surface area contributed by atoms with Gasteiger partial charge in [-0.1, -0.05) is 0 Å². The molecule has 1 rings (SSSR count). The van der Waals surface area contributed by atoms with Crippen LogP contribution in [0.3, 0.4) is 0 Å². The van der Waals surface area contributed by atoms with Crippen LogP contribution in [0.5, 0.6) is 0 Å². The first-order valence-electron chi connectivity index (χ1n) is 3.61. The molecule has 0 spiro atoms. The highest BCUT2D eigenvalue weighted by molar-refractivity contribution is 7.15. The number of aromatic nitrogens is 1. The van der Waals surface area contributed by atoms with Crippen LogP contribution in [0.1, 0.15) is 11.8 Å². The number of nitrogens with one attached hydrogen (secondary N) is 1. The molecule has 62 valence electrons. The van der Waals surface area contributed by atoms with E-state index in [1.54, 1.807) is 11.3 Å². The highest BCUT2D eigenvalue weighted by atomic mass is 32.1. The molecule has 0 aliphatic rings. The second kappa shape index (κ2) is 3.69. The fourth-order valence-corrected chi connectivity index (χ4v) is 1.47. The zero-order valence-corrected chi connectivity index (χ0v) is 7.61. The van der Waals surface area contributed by atoms with Gasteiger partial charge in [0.15, 0.2) is 5.13 Å². The Morgan fingerprint density at radius 1 is 1.82 bits per heavy atom. The van der Waals surface area contributed by atoms with E-state index in [0.717, 1.165) is 5.13 Å². The number of thiazole rings is 1. The minimum atomic E-state index is 0.306. The molecule has 1 aromatic heterocycles. The monoisotopic (exact) mass is 171 g/mol. The van der Waals surface area contributed by atoms with Crippen molar-refractivity contribution in [3.05, 3.63) is 11.1 Å². The molecule has 3 N–H and O–H groups in total. The molecule has 11 heavy (non-hydrogen) atoms. The van der Waals surface area contributed by atoms with Gasteiger partial charge in [-0.2, -0.15) is 0 Å². The Hall–Kier alpha value is -0.610. The minimum absolute atomic E-state index is 0.306. The van der Waals surface area contributed by atoms with Gasteiger partial charge in [-0.15, -0.1) is 11.3 Å². The van der Waals surface area contributed by atoms with Gasteiger partial charge in [0.2, 0.25) is 0 Å².